The van der Waals surface area contributed by atoms with Crippen LogP contribution in [0.15, 0.2) is 48.5 Å². The highest BCUT2D eigenvalue weighted by Crippen LogP contribution is 2.43. The number of piperidine rings is 1. The molecule has 2 aromatic carbocycles. The fourth-order valence-electron chi connectivity index (χ4n) is 4.33. The van der Waals surface area contributed by atoms with E-state index in [9.17, 15) is 20.0 Å². The molecule has 134 valence electrons. The molecule has 26 heavy (non-hydrogen) atoms. The Morgan fingerprint density at radius 1 is 1.04 bits per heavy atom. The molecule has 2 aliphatic rings. The molecule has 2 fully saturated rings. The molecule has 6 nitrogen and oxygen atoms in total. The van der Waals surface area contributed by atoms with Crippen LogP contribution in [0.4, 0.5) is 11.4 Å². The Morgan fingerprint density at radius 3 is 2.31 bits per heavy atom. The molecular weight excluding hydrogens is 332 g/mol. The third kappa shape index (κ3) is 2.86. The third-order valence-corrected chi connectivity index (χ3v) is 5.46. The maximum Gasteiger partial charge on any atom is 0.293 e. The summed E-state index contributed by atoms with van der Waals surface area (Å²) in [5.41, 5.74) is 1.34. The number of carbonyl (C=O) groups is 1. The third-order valence-electron chi connectivity index (χ3n) is 5.46. The lowest BCUT2D eigenvalue weighted by Gasteiger charge is -2.38. The molecule has 0 saturated carbocycles. The minimum Gasteiger partial charge on any atom is -0.393 e. The Labute approximate surface area is 151 Å². The van der Waals surface area contributed by atoms with Crippen LogP contribution in [0.3, 0.4) is 0 Å². The van der Waals surface area contributed by atoms with Gasteiger partial charge in [0, 0.05) is 29.3 Å². The number of anilines is 1. The van der Waals surface area contributed by atoms with Crippen molar-refractivity contribution in [1.29, 1.82) is 0 Å². The number of benzene rings is 2. The van der Waals surface area contributed by atoms with Gasteiger partial charge in [0.1, 0.15) is 5.69 Å². The average Bonchev–Trinajstić information content (AvgIpc) is 2.92. The van der Waals surface area contributed by atoms with Crippen LogP contribution in [-0.2, 0) is 0 Å². The number of aliphatic hydroxyl groups is 1. The van der Waals surface area contributed by atoms with Crippen molar-refractivity contribution in [1.82, 2.24) is 0 Å². The highest BCUT2D eigenvalue weighted by atomic mass is 16.6. The largest absolute Gasteiger partial charge is 0.393 e. The molecule has 2 unspecified atom stereocenters. The van der Waals surface area contributed by atoms with Crippen molar-refractivity contribution in [2.24, 2.45) is 0 Å². The molecule has 2 aromatic rings. The minimum absolute atomic E-state index is 0.0416. The van der Waals surface area contributed by atoms with Crippen LogP contribution in [0.5, 0.6) is 0 Å². The fraction of sp³-hybridized carbons (Fsp3) is 0.350. The van der Waals surface area contributed by atoms with E-state index < -0.39 is 4.92 Å². The van der Waals surface area contributed by atoms with Crippen LogP contribution >= 0.6 is 0 Å². The quantitative estimate of drug-likeness (QED) is 0.518. The van der Waals surface area contributed by atoms with Gasteiger partial charge in [-0.1, -0.05) is 30.3 Å². The van der Waals surface area contributed by atoms with Gasteiger partial charge in [-0.25, -0.2) is 0 Å². The predicted molar refractivity (Wildman–Crippen MR) is 97.5 cm³/mol. The van der Waals surface area contributed by atoms with E-state index in [0.29, 0.717) is 29.7 Å². The molecule has 0 radical (unpaired) electrons. The van der Waals surface area contributed by atoms with Gasteiger partial charge < -0.3 is 10.0 Å². The van der Waals surface area contributed by atoms with Gasteiger partial charge in [-0.3, -0.25) is 14.9 Å². The zero-order chi connectivity index (χ0) is 18.3. The topological polar surface area (TPSA) is 83.7 Å². The summed E-state index contributed by atoms with van der Waals surface area (Å²) in [6.07, 6.45) is 2.81. The zero-order valence-electron chi connectivity index (χ0n) is 14.2. The van der Waals surface area contributed by atoms with Gasteiger partial charge in [-0.15, -0.1) is 0 Å². The number of nitrogens with zero attached hydrogens (tertiary/aromatic N) is 2. The Kier molecular flexibility index (Phi) is 4.20. The summed E-state index contributed by atoms with van der Waals surface area (Å²) in [6.45, 7) is 0. The molecule has 0 aromatic heterocycles. The number of rotatable bonds is 4. The first-order valence-electron chi connectivity index (χ1n) is 8.89. The highest BCUT2D eigenvalue weighted by molar-refractivity contribution is 6.09. The van der Waals surface area contributed by atoms with Crippen molar-refractivity contribution in [3.05, 3.63) is 69.8 Å². The SMILES string of the molecule is O=C(c1ccccc1)c1ccc(N2C3CCC2CC(O)C3)c([N+](=O)[O-])c1. The van der Waals surface area contributed by atoms with Gasteiger partial charge >= 0.3 is 0 Å². The van der Waals surface area contributed by atoms with Crippen molar-refractivity contribution in [3.8, 4) is 0 Å². The Morgan fingerprint density at radius 2 is 1.69 bits per heavy atom. The number of nitro benzene ring substituents is 1. The maximum atomic E-state index is 12.6. The lowest BCUT2D eigenvalue weighted by Crippen LogP contribution is -2.45. The maximum absolute atomic E-state index is 12.6. The van der Waals surface area contributed by atoms with Gasteiger partial charge in [0.25, 0.3) is 5.69 Å². The second-order valence-electron chi connectivity index (χ2n) is 7.07. The summed E-state index contributed by atoms with van der Waals surface area (Å²) in [4.78, 5) is 26.0. The van der Waals surface area contributed by atoms with E-state index >= 15 is 0 Å². The van der Waals surface area contributed by atoms with Gasteiger partial charge in [-0.2, -0.15) is 0 Å². The smallest absolute Gasteiger partial charge is 0.293 e. The normalized spacial score (nSPS) is 24.5. The summed E-state index contributed by atoms with van der Waals surface area (Å²) in [5, 5.41) is 21.7. The first kappa shape index (κ1) is 16.7. The molecule has 0 amide bonds. The lowest BCUT2D eigenvalue weighted by molar-refractivity contribution is -0.384. The molecule has 2 atom stereocenters. The Bertz CT molecular complexity index is 838. The van der Waals surface area contributed by atoms with E-state index in [1.54, 1.807) is 36.4 Å². The number of aliphatic hydroxyl groups excluding tert-OH is 1. The summed E-state index contributed by atoms with van der Waals surface area (Å²) in [7, 11) is 0. The van der Waals surface area contributed by atoms with Crippen LogP contribution < -0.4 is 4.90 Å². The van der Waals surface area contributed by atoms with Crippen molar-refractivity contribution >= 4 is 17.2 Å². The predicted octanol–water partition coefficient (Wildman–Crippen LogP) is 3.32. The van der Waals surface area contributed by atoms with E-state index in [1.807, 2.05) is 6.07 Å². The lowest BCUT2D eigenvalue weighted by atomic mass is 9.97. The molecule has 0 spiro atoms. The number of nitro groups is 1. The fourth-order valence-corrected chi connectivity index (χ4v) is 4.33. The highest BCUT2D eigenvalue weighted by Gasteiger charge is 2.42. The molecule has 4 rings (SSSR count). The van der Waals surface area contributed by atoms with E-state index in [4.69, 9.17) is 0 Å². The summed E-state index contributed by atoms with van der Waals surface area (Å²) in [6, 6.07) is 13.8. The monoisotopic (exact) mass is 352 g/mol. The summed E-state index contributed by atoms with van der Waals surface area (Å²) < 4.78 is 0. The average molecular weight is 352 g/mol. The molecule has 2 bridgehead atoms. The van der Waals surface area contributed by atoms with Gasteiger partial charge in [0.15, 0.2) is 5.78 Å². The first-order valence-corrected chi connectivity index (χ1v) is 8.89. The van der Waals surface area contributed by atoms with Crippen LogP contribution in [0, 0.1) is 10.1 Å². The van der Waals surface area contributed by atoms with E-state index in [1.165, 1.54) is 6.07 Å². The van der Waals surface area contributed by atoms with Crippen molar-refractivity contribution in [3.63, 3.8) is 0 Å². The Hall–Kier alpha value is -2.73. The van der Waals surface area contributed by atoms with E-state index in [0.717, 1.165) is 12.8 Å². The van der Waals surface area contributed by atoms with Gasteiger partial charge in [-0.05, 0) is 37.8 Å². The first-order chi connectivity index (χ1) is 12.5. The van der Waals surface area contributed by atoms with Crippen molar-refractivity contribution in [2.45, 2.75) is 43.9 Å². The van der Waals surface area contributed by atoms with Crippen LogP contribution in [0.1, 0.15) is 41.6 Å². The van der Waals surface area contributed by atoms with Crippen molar-refractivity contribution < 1.29 is 14.8 Å². The molecule has 0 aliphatic carbocycles. The van der Waals surface area contributed by atoms with Crippen LogP contribution in [0.2, 0.25) is 0 Å². The van der Waals surface area contributed by atoms with Crippen LogP contribution in [-0.4, -0.2) is 34.0 Å². The number of fused-ring (bicyclic) bond motifs is 2. The van der Waals surface area contributed by atoms with E-state index in [2.05, 4.69) is 4.90 Å². The minimum atomic E-state index is -0.415. The van der Waals surface area contributed by atoms with E-state index in [-0.39, 0.29) is 29.7 Å². The number of hydrogen-bond donors (Lipinski definition) is 1. The van der Waals surface area contributed by atoms with Gasteiger partial charge in [0.05, 0.1) is 11.0 Å². The van der Waals surface area contributed by atoms with Crippen LogP contribution in [0.25, 0.3) is 0 Å². The second-order valence-corrected chi connectivity index (χ2v) is 7.07. The van der Waals surface area contributed by atoms with Crippen molar-refractivity contribution in [2.75, 3.05) is 4.90 Å². The molecule has 2 aliphatic heterocycles. The zero-order valence-corrected chi connectivity index (χ0v) is 14.2. The molecular formula is C20H20N2O4. The van der Waals surface area contributed by atoms with Gasteiger partial charge in [0.2, 0.25) is 0 Å². The Balaban J connectivity index is 1.71. The molecule has 6 heteroatoms. The summed E-state index contributed by atoms with van der Waals surface area (Å²) in [5.74, 6) is -0.225. The molecule has 2 heterocycles. The number of hydrogen-bond acceptors (Lipinski definition) is 5. The number of carbonyl (C=O) groups excluding carboxylic acids is 1. The molecule has 1 N–H and O–H groups in total. The number of ketones is 1. The summed E-state index contributed by atoms with van der Waals surface area (Å²) >= 11 is 0. The standard InChI is InChI=1S/C20H20N2O4/c23-17-11-15-7-8-16(12-17)21(15)18-9-6-14(10-19(18)22(25)26)20(24)13-4-2-1-3-5-13/h1-6,9-10,15-17,23H,7-8,11-12H2. The molecule has 2 saturated heterocycles. The second kappa shape index (κ2) is 6.53.